The molecule has 11 nitrogen and oxygen atoms in total. The van der Waals surface area contributed by atoms with Crippen LogP contribution in [0.1, 0.15) is 38.2 Å². The monoisotopic (exact) mass is 676 g/mol. The maximum atomic E-state index is 12.0. The fourth-order valence-corrected chi connectivity index (χ4v) is 6.79. The maximum Gasteiger partial charge on any atom is 0.229 e. The van der Waals surface area contributed by atoms with Crippen molar-refractivity contribution in [3.8, 4) is 5.75 Å². The number of methoxy groups -OCH3 is 1. The van der Waals surface area contributed by atoms with E-state index in [4.69, 9.17) is 27.9 Å². The van der Waals surface area contributed by atoms with Gasteiger partial charge >= 0.3 is 0 Å². The minimum Gasteiger partial charge on any atom is -0.494 e. The van der Waals surface area contributed by atoms with Crippen molar-refractivity contribution in [2.45, 2.75) is 38.6 Å². The molecular formula is C31H42Cl2N8O3S. The molecule has 0 bridgehead atoms. The van der Waals surface area contributed by atoms with E-state index in [1.165, 1.54) is 6.20 Å². The van der Waals surface area contributed by atoms with E-state index in [9.17, 15) is 8.42 Å². The quantitative estimate of drug-likeness (QED) is 0.237. The second kappa shape index (κ2) is 14.2. The number of hydrogen-bond acceptors (Lipinski definition) is 10. The Kier molecular flexibility index (Phi) is 10.5. The van der Waals surface area contributed by atoms with E-state index in [1.54, 1.807) is 13.2 Å². The number of hydrogen-bond donors (Lipinski definition) is 3. The first-order chi connectivity index (χ1) is 21.4. The topological polar surface area (TPSA) is 115 Å². The number of benzene rings is 2. The molecule has 0 saturated carbocycles. The SMILES string of the molecule is COc1cc(N2CCC(N3CCN(C)CC3)CC2)c(Cl)cc1Nc1ncc(Cl)c(Nc2cc(C(C)C)ccc2NS(C)(=O)=O)n1. The van der Waals surface area contributed by atoms with Gasteiger partial charge in [0.15, 0.2) is 5.82 Å². The Hall–Kier alpha value is -3.03. The zero-order valence-electron chi connectivity index (χ0n) is 26.4. The summed E-state index contributed by atoms with van der Waals surface area (Å²) in [4.78, 5) is 16.3. The van der Waals surface area contributed by atoms with Gasteiger partial charge in [0, 0.05) is 51.4 Å². The van der Waals surface area contributed by atoms with Crippen molar-refractivity contribution in [2.75, 3.05) is 79.9 Å². The molecule has 244 valence electrons. The lowest BCUT2D eigenvalue weighted by Gasteiger charge is -2.42. The van der Waals surface area contributed by atoms with Crippen LogP contribution in [0.4, 0.5) is 34.5 Å². The van der Waals surface area contributed by atoms with Crippen LogP contribution in [0.3, 0.4) is 0 Å². The standard InChI is InChI=1S/C31H42Cl2N8O3S/c1-20(2)21-6-7-25(38-45(5,42)43)26(16-21)35-30-24(33)19-34-31(37-30)36-27-17-23(32)28(18-29(27)44-4)41-10-8-22(9-11-41)40-14-12-39(3)13-15-40/h6-7,16-20,22,38H,8-15H2,1-5H3,(H2,34,35,36,37). The summed E-state index contributed by atoms with van der Waals surface area (Å²) >= 11 is 13.3. The summed E-state index contributed by atoms with van der Waals surface area (Å²) in [6.45, 7) is 10.5. The fourth-order valence-electron chi connectivity index (χ4n) is 5.79. The summed E-state index contributed by atoms with van der Waals surface area (Å²) in [5.74, 6) is 1.39. The molecule has 0 radical (unpaired) electrons. The number of rotatable bonds is 10. The van der Waals surface area contributed by atoms with Crippen LogP contribution in [0.15, 0.2) is 36.5 Å². The molecule has 0 amide bonds. The largest absolute Gasteiger partial charge is 0.494 e. The summed E-state index contributed by atoms with van der Waals surface area (Å²) in [6.07, 6.45) is 4.77. The van der Waals surface area contributed by atoms with Crippen LogP contribution >= 0.6 is 23.2 Å². The smallest absolute Gasteiger partial charge is 0.229 e. The van der Waals surface area contributed by atoms with E-state index in [0.717, 1.165) is 69.6 Å². The van der Waals surface area contributed by atoms with Crippen molar-refractivity contribution in [3.63, 3.8) is 0 Å². The number of nitrogens with one attached hydrogen (secondary N) is 3. The highest BCUT2D eigenvalue weighted by Crippen LogP contribution is 2.39. The number of sulfonamides is 1. The molecule has 3 heterocycles. The van der Waals surface area contributed by atoms with Crippen molar-refractivity contribution in [3.05, 3.63) is 52.1 Å². The fraction of sp³-hybridized carbons (Fsp3) is 0.484. The summed E-state index contributed by atoms with van der Waals surface area (Å²) in [6, 6.07) is 9.86. The average molecular weight is 678 g/mol. The van der Waals surface area contributed by atoms with Gasteiger partial charge in [0.1, 0.15) is 10.8 Å². The molecule has 0 aliphatic carbocycles. The van der Waals surface area contributed by atoms with Crippen molar-refractivity contribution >= 4 is 67.7 Å². The first-order valence-corrected chi connectivity index (χ1v) is 17.8. The Labute approximate surface area is 276 Å². The van der Waals surface area contributed by atoms with Crippen molar-refractivity contribution < 1.29 is 13.2 Å². The molecule has 2 aliphatic heterocycles. The van der Waals surface area contributed by atoms with Crippen LogP contribution in [-0.2, 0) is 10.0 Å². The van der Waals surface area contributed by atoms with Gasteiger partial charge in [0.25, 0.3) is 0 Å². The molecule has 5 rings (SSSR count). The number of ether oxygens (including phenoxy) is 1. The molecule has 2 aliphatic rings. The predicted molar refractivity (Wildman–Crippen MR) is 185 cm³/mol. The van der Waals surface area contributed by atoms with Crippen LogP contribution in [0, 0.1) is 0 Å². The average Bonchev–Trinajstić information content (AvgIpc) is 2.99. The second-order valence-electron chi connectivity index (χ2n) is 12.0. The van der Waals surface area contributed by atoms with E-state index >= 15 is 0 Å². The predicted octanol–water partition coefficient (Wildman–Crippen LogP) is 5.99. The van der Waals surface area contributed by atoms with Crippen molar-refractivity contribution in [1.82, 2.24) is 19.8 Å². The highest BCUT2D eigenvalue weighted by Gasteiger charge is 2.28. The zero-order chi connectivity index (χ0) is 32.3. The lowest BCUT2D eigenvalue weighted by Crippen LogP contribution is -2.52. The molecular weight excluding hydrogens is 635 g/mol. The molecule has 2 saturated heterocycles. The summed E-state index contributed by atoms with van der Waals surface area (Å²) in [5, 5.41) is 7.27. The first-order valence-electron chi connectivity index (χ1n) is 15.1. The molecule has 14 heteroatoms. The van der Waals surface area contributed by atoms with Gasteiger partial charge in [-0.05, 0) is 49.6 Å². The van der Waals surface area contributed by atoms with Crippen LogP contribution in [0.2, 0.25) is 10.0 Å². The number of likely N-dealkylation sites (N-methyl/N-ethyl adjacent to an activating group) is 1. The Balaban J connectivity index is 1.33. The Bertz CT molecular complexity index is 1610. The number of piperazine rings is 1. The number of aromatic nitrogens is 2. The van der Waals surface area contributed by atoms with Gasteiger partial charge < -0.3 is 25.2 Å². The van der Waals surface area contributed by atoms with Crippen LogP contribution in [-0.4, -0.2) is 93.9 Å². The molecule has 45 heavy (non-hydrogen) atoms. The molecule has 3 N–H and O–H groups in total. The number of anilines is 6. The van der Waals surface area contributed by atoms with Crippen LogP contribution in [0.25, 0.3) is 0 Å². The molecule has 1 aromatic heterocycles. The number of nitrogens with zero attached hydrogens (tertiary/aromatic N) is 5. The van der Waals surface area contributed by atoms with Crippen LogP contribution in [0.5, 0.6) is 5.75 Å². The van der Waals surface area contributed by atoms with Crippen LogP contribution < -0.4 is 25.0 Å². The van der Waals surface area contributed by atoms with Gasteiger partial charge in [0.05, 0.1) is 47.3 Å². The normalized spacial score (nSPS) is 17.0. The Morgan fingerprint density at radius 3 is 2.29 bits per heavy atom. The third-order valence-electron chi connectivity index (χ3n) is 8.38. The highest BCUT2D eigenvalue weighted by molar-refractivity contribution is 7.92. The minimum atomic E-state index is -3.52. The van der Waals surface area contributed by atoms with E-state index in [2.05, 4.69) is 60.9 Å². The number of piperidine rings is 1. The van der Waals surface area contributed by atoms with E-state index in [1.807, 2.05) is 24.3 Å². The van der Waals surface area contributed by atoms with E-state index < -0.39 is 10.0 Å². The number of halogens is 2. The van der Waals surface area contributed by atoms with Crippen molar-refractivity contribution in [2.24, 2.45) is 0 Å². The molecule has 0 unspecified atom stereocenters. The lowest BCUT2D eigenvalue weighted by molar-refractivity contribution is 0.0982. The summed E-state index contributed by atoms with van der Waals surface area (Å²) in [5.41, 5.74) is 3.45. The zero-order valence-corrected chi connectivity index (χ0v) is 28.7. The molecule has 0 spiro atoms. The van der Waals surface area contributed by atoms with Gasteiger partial charge in [-0.3, -0.25) is 9.62 Å². The van der Waals surface area contributed by atoms with Gasteiger partial charge in [-0.2, -0.15) is 4.98 Å². The third kappa shape index (κ3) is 8.42. The van der Waals surface area contributed by atoms with Gasteiger partial charge in [-0.15, -0.1) is 0 Å². The summed E-state index contributed by atoms with van der Waals surface area (Å²) < 4.78 is 32.4. The molecule has 0 atom stereocenters. The lowest BCUT2D eigenvalue weighted by atomic mass is 10.0. The molecule has 3 aromatic rings. The van der Waals surface area contributed by atoms with Gasteiger partial charge in [-0.25, -0.2) is 13.4 Å². The Morgan fingerprint density at radius 1 is 0.933 bits per heavy atom. The summed E-state index contributed by atoms with van der Waals surface area (Å²) in [7, 11) is 0.284. The molecule has 2 fully saturated rings. The second-order valence-corrected chi connectivity index (χ2v) is 14.6. The third-order valence-corrected chi connectivity index (χ3v) is 9.55. The van der Waals surface area contributed by atoms with E-state index in [-0.39, 0.29) is 16.9 Å². The maximum absolute atomic E-state index is 12.0. The highest BCUT2D eigenvalue weighted by atomic mass is 35.5. The van der Waals surface area contributed by atoms with Gasteiger partial charge in [-0.1, -0.05) is 43.1 Å². The van der Waals surface area contributed by atoms with E-state index in [0.29, 0.717) is 39.7 Å². The van der Waals surface area contributed by atoms with Crippen molar-refractivity contribution in [1.29, 1.82) is 0 Å². The minimum absolute atomic E-state index is 0.222. The van der Waals surface area contributed by atoms with Gasteiger partial charge in [0.2, 0.25) is 16.0 Å². The first kappa shape index (κ1) is 33.3. The Morgan fingerprint density at radius 2 is 1.64 bits per heavy atom. The molecule has 2 aromatic carbocycles.